The molecule has 0 atom stereocenters. The van der Waals surface area contributed by atoms with Crippen LogP contribution in [0.15, 0.2) is 47.3 Å². The summed E-state index contributed by atoms with van der Waals surface area (Å²) in [7, 11) is 1.73. The standard InChI is InChI=1S/C22H27N3O2/c1-14(2)16-9-8-10-17(15(3)4)21(16)23-20(26)13-25-19-12-7-6-11-18(19)24(5)22(25)27/h6-12,14-15H,13H2,1-5H3,(H,23,26). The quantitative estimate of drug-likeness (QED) is 0.736. The normalized spacial score (nSPS) is 11.5. The van der Waals surface area contributed by atoms with Crippen molar-refractivity contribution in [2.24, 2.45) is 7.05 Å². The van der Waals surface area contributed by atoms with Crippen molar-refractivity contribution < 1.29 is 4.79 Å². The van der Waals surface area contributed by atoms with Crippen LogP contribution in [0, 0.1) is 0 Å². The number of benzene rings is 2. The van der Waals surface area contributed by atoms with Crippen LogP contribution >= 0.6 is 0 Å². The average molecular weight is 365 g/mol. The minimum atomic E-state index is -0.191. The number of rotatable bonds is 5. The van der Waals surface area contributed by atoms with Crippen LogP contribution in [0.2, 0.25) is 0 Å². The van der Waals surface area contributed by atoms with E-state index in [2.05, 4.69) is 45.1 Å². The van der Waals surface area contributed by atoms with Gasteiger partial charge in [-0.1, -0.05) is 58.0 Å². The van der Waals surface area contributed by atoms with E-state index in [1.807, 2.05) is 30.3 Å². The van der Waals surface area contributed by atoms with E-state index in [0.717, 1.165) is 27.8 Å². The maximum absolute atomic E-state index is 12.9. The molecule has 3 rings (SSSR count). The fourth-order valence-corrected chi connectivity index (χ4v) is 3.53. The number of carbonyl (C=O) groups excluding carboxylic acids is 1. The minimum Gasteiger partial charge on any atom is -0.324 e. The van der Waals surface area contributed by atoms with Crippen molar-refractivity contribution in [1.82, 2.24) is 9.13 Å². The fraction of sp³-hybridized carbons (Fsp3) is 0.364. The molecule has 142 valence electrons. The van der Waals surface area contributed by atoms with Crippen LogP contribution < -0.4 is 11.0 Å². The molecular formula is C22H27N3O2. The van der Waals surface area contributed by atoms with Gasteiger partial charge in [-0.25, -0.2) is 4.79 Å². The SMILES string of the molecule is CC(C)c1cccc(C(C)C)c1NC(=O)Cn1c(=O)n(C)c2ccccc21. The topological polar surface area (TPSA) is 56.0 Å². The smallest absolute Gasteiger partial charge is 0.324 e. The van der Waals surface area contributed by atoms with Crippen LogP contribution in [0.5, 0.6) is 0 Å². The van der Waals surface area contributed by atoms with Crippen molar-refractivity contribution in [3.8, 4) is 0 Å². The molecule has 2 aromatic carbocycles. The number of aryl methyl sites for hydroxylation is 1. The maximum atomic E-state index is 12.9. The third kappa shape index (κ3) is 3.54. The number of amides is 1. The molecule has 1 amide bonds. The molecule has 0 aliphatic heterocycles. The molecule has 0 radical (unpaired) electrons. The lowest BCUT2D eigenvalue weighted by molar-refractivity contribution is -0.116. The molecule has 0 saturated heterocycles. The third-order valence-corrected chi connectivity index (χ3v) is 4.99. The second-order valence-electron chi connectivity index (χ2n) is 7.59. The molecular weight excluding hydrogens is 338 g/mol. The van der Waals surface area contributed by atoms with E-state index in [9.17, 15) is 9.59 Å². The molecule has 27 heavy (non-hydrogen) atoms. The van der Waals surface area contributed by atoms with Crippen molar-refractivity contribution in [3.63, 3.8) is 0 Å². The molecule has 0 aliphatic rings. The zero-order valence-corrected chi connectivity index (χ0v) is 16.6. The zero-order chi connectivity index (χ0) is 19.7. The predicted octanol–water partition coefficient (Wildman–Crippen LogP) is 4.23. The van der Waals surface area contributed by atoms with Gasteiger partial charge in [-0.2, -0.15) is 0 Å². The van der Waals surface area contributed by atoms with Gasteiger partial charge in [-0.05, 0) is 35.1 Å². The molecule has 5 nitrogen and oxygen atoms in total. The monoisotopic (exact) mass is 365 g/mol. The largest absolute Gasteiger partial charge is 0.329 e. The number of fused-ring (bicyclic) bond motifs is 1. The number of hydrogen-bond donors (Lipinski definition) is 1. The second-order valence-corrected chi connectivity index (χ2v) is 7.59. The van der Waals surface area contributed by atoms with E-state index in [1.165, 1.54) is 4.57 Å². The molecule has 0 fully saturated rings. The third-order valence-electron chi connectivity index (χ3n) is 4.99. The van der Waals surface area contributed by atoms with Gasteiger partial charge in [0, 0.05) is 12.7 Å². The number of para-hydroxylation sites is 3. The van der Waals surface area contributed by atoms with Crippen LogP contribution in [0.1, 0.15) is 50.7 Å². The number of nitrogens with one attached hydrogen (secondary N) is 1. The average Bonchev–Trinajstić information content (AvgIpc) is 2.86. The van der Waals surface area contributed by atoms with Gasteiger partial charge in [0.25, 0.3) is 0 Å². The Morgan fingerprint density at radius 3 is 2.04 bits per heavy atom. The number of aromatic nitrogens is 2. The molecule has 1 N–H and O–H groups in total. The van der Waals surface area contributed by atoms with Crippen LogP contribution in [0.4, 0.5) is 5.69 Å². The number of imidazole rings is 1. The summed E-state index contributed by atoms with van der Waals surface area (Å²) in [4.78, 5) is 25.4. The molecule has 0 saturated carbocycles. The Morgan fingerprint density at radius 1 is 0.926 bits per heavy atom. The van der Waals surface area contributed by atoms with E-state index in [-0.39, 0.29) is 18.1 Å². The van der Waals surface area contributed by atoms with Crippen LogP contribution in [-0.2, 0) is 18.4 Å². The van der Waals surface area contributed by atoms with Gasteiger partial charge in [-0.3, -0.25) is 13.9 Å². The van der Waals surface area contributed by atoms with Gasteiger partial charge in [0.2, 0.25) is 5.91 Å². The van der Waals surface area contributed by atoms with E-state index in [1.54, 1.807) is 11.6 Å². The fourth-order valence-electron chi connectivity index (χ4n) is 3.53. The molecule has 5 heteroatoms. The summed E-state index contributed by atoms with van der Waals surface area (Å²) in [5, 5.41) is 3.08. The van der Waals surface area contributed by atoms with Crippen LogP contribution in [0.3, 0.4) is 0 Å². The highest BCUT2D eigenvalue weighted by Gasteiger charge is 2.18. The van der Waals surface area contributed by atoms with Crippen molar-refractivity contribution >= 4 is 22.6 Å². The van der Waals surface area contributed by atoms with Crippen LogP contribution in [-0.4, -0.2) is 15.0 Å². The van der Waals surface area contributed by atoms with E-state index in [4.69, 9.17) is 0 Å². The zero-order valence-electron chi connectivity index (χ0n) is 16.6. The Labute approximate surface area is 159 Å². The molecule has 0 aliphatic carbocycles. The number of carbonyl (C=O) groups is 1. The summed E-state index contributed by atoms with van der Waals surface area (Å²) in [5.41, 5.74) is 4.50. The van der Waals surface area contributed by atoms with Gasteiger partial charge in [0.1, 0.15) is 6.54 Å². The van der Waals surface area contributed by atoms with Crippen molar-refractivity contribution in [2.75, 3.05) is 5.32 Å². The summed E-state index contributed by atoms with van der Waals surface area (Å²) in [5.74, 6) is 0.391. The number of hydrogen-bond acceptors (Lipinski definition) is 2. The summed E-state index contributed by atoms with van der Waals surface area (Å²) >= 11 is 0. The van der Waals surface area contributed by atoms with Gasteiger partial charge >= 0.3 is 5.69 Å². The lowest BCUT2D eigenvalue weighted by Gasteiger charge is -2.20. The summed E-state index contributed by atoms with van der Waals surface area (Å²) in [6.07, 6.45) is 0. The lowest BCUT2D eigenvalue weighted by Crippen LogP contribution is -2.29. The first-order chi connectivity index (χ1) is 12.8. The summed E-state index contributed by atoms with van der Waals surface area (Å²) < 4.78 is 3.10. The Balaban J connectivity index is 1.97. The molecule has 1 heterocycles. The van der Waals surface area contributed by atoms with Crippen molar-refractivity contribution in [3.05, 3.63) is 64.1 Å². The first-order valence-corrected chi connectivity index (χ1v) is 9.38. The van der Waals surface area contributed by atoms with Gasteiger partial charge in [0.15, 0.2) is 0 Å². The van der Waals surface area contributed by atoms with E-state index in [0.29, 0.717) is 11.8 Å². The van der Waals surface area contributed by atoms with Gasteiger partial charge in [0.05, 0.1) is 11.0 Å². The van der Waals surface area contributed by atoms with Gasteiger partial charge in [-0.15, -0.1) is 0 Å². The van der Waals surface area contributed by atoms with E-state index < -0.39 is 0 Å². The van der Waals surface area contributed by atoms with Crippen molar-refractivity contribution in [2.45, 2.75) is 46.1 Å². The molecule has 0 unspecified atom stereocenters. The van der Waals surface area contributed by atoms with Crippen molar-refractivity contribution in [1.29, 1.82) is 0 Å². The number of nitrogens with zero attached hydrogens (tertiary/aromatic N) is 2. The molecule has 0 spiro atoms. The Bertz CT molecular complexity index is 1020. The highest BCUT2D eigenvalue weighted by Crippen LogP contribution is 2.32. The first kappa shape index (κ1) is 19.0. The highest BCUT2D eigenvalue weighted by atomic mass is 16.2. The van der Waals surface area contributed by atoms with Gasteiger partial charge < -0.3 is 5.32 Å². The molecule has 0 bridgehead atoms. The van der Waals surface area contributed by atoms with E-state index >= 15 is 0 Å². The summed E-state index contributed by atoms with van der Waals surface area (Å²) in [6, 6.07) is 13.7. The molecule has 3 aromatic rings. The number of anilines is 1. The maximum Gasteiger partial charge on any atom is 0.329 e. The Morgan fingerprint density at radius 2 is 1.48 bits per heavy atom. The highest BCUT2D eigenvalue weighted by molar-refractivity contribution is 5.93. The minimum absolute atomic E-state index is 0.00977. The molecule has 1 aromatic heterocycles. The first-order valence-electron chi connectivity index (χ1n) is 9.38. The predicted molar refractivity (Wildman–Crippen MR) is 110 cm³/mol. The Hall–Kier alpha value is -2.82. The lowest BCUT2D eigenvalue weighted by atomic mass is 9.92. The van der Waals surface area contributed by atoms with Crippen LogP contribution in [0.25, 0.3) is 11.0 Å². The Kier molecular flexibility index (Phi) is 5.22. The summed E-state index contributed by atoms with van der Waals surface area (Å²) in [6.45, 7) is 8.45. The second kappa shape index (κ2) is 7.43.